The number of hydrogen-bond acceptors (Lipinski definition) is 7. The second-order valence-corrected chi connectivity index (χ2v) is 7.50. The van der Waals surface area contributed by atoms with Crippen molar-refractivity contribution in [2.45, 2.75) is 5.75 Å². The Morgan fingerprint density at radius 3 is 2.58 bits per heavy atom. The number of nitrogens with one attached hydrogen (secondary N) is 1. The van der Waals surface area contributed by atoms with Crippen LogP contribution in [0.15, 0.2) is 30.3 Å². The van der Waals surface area contributed by atoms with Crippen LogP contribution in [-0.2, 0) is 25.4 Å². The van der Waals surface area contributed by atoms with Crippen molar-refractivity contribution in [2.24, 2.45) is 0 Å². The number of benzene rings is 1. The predicted octanol–water partition coefficient (Wildman–Crippen LogP) is 0.0610. The van der Waals surface area contributed by atoms with Gasteiger partial charge >= 0.3 is 0 Å². The van der Waals surface area contributed by atoms with Crippen LogP contribution < -0.4 is 5.64 Å². The van der Waals surface area contributed by atoms with Crippen LogP contribution in [-0.4, -0.2) is 75.4 Å². The molecule has 9 heteroatoms. The average Bonchev–Trinajstić information content (AvgIpc) is 2.59. The lowest BCUT2D eigenvalue weighted by molar-refractivity contribution is -0.127. The summed E-state index contributed by atoms with van der Waals surface area (Å²) < 4.78 is 32.1. The molecule has 1 aliphatic heterocycles. The molecule has 1 fully saturated rings. The monoisotopic (exact) mass is 359 g/mol. The Hall–Kier alpha value is -1.07. The lowest BCUT2D eigenvalue weighted by atomic mass is 10.2. The van der Waals surface area contributed by atoms with Crippen LogP contribution in [0.2, 0.25) is 0 Å². The minimum absolute atomic E-state index is 0.0521. The van der Waals surface area contributed by atoms with Crippen LogP contribution >= 0.6 is 0 Å². The predicted molar refractivity (Wildman–Crippen MR) is 88.8 cm³/mol. The molecule has 0 atom stereocenters. The second-order valence-electron chi connectivity index (χ2n) is 5.53. The summed E-state index contributed by atoms with van der Waals surface area (Å²) in [6.45, 7) is 4.22. The summed E-state index contributed by atoms with van der Waals surface area (Å²) in [5, 5.41) is 8.49. The maximum atomic E-state index is 12.7. The Balaban J connectivity index is 1.96. The van der Waals surface area contributed by atoms with E-state index in [9.17, 15) is 8.42 Å². The first-order valence-electron chi connectivity index (χ1n) is 7.94. The molecule has 0 aliphatic carbocycles. The Labute approximate surface area is 142 Å². The first kappa shape index (κ1) is 19.3. The molecule has 8 nitrogen and oxygen atoms in total. The van der Waals surface area contributed by atoms with Gasteiger partial charge in [-0.3, -0.25) is 14.9 Å². The van der Waals surface area contributed by atoms with Crippen LogP contribution in [0.4, 0.5) is 0 Å². The third kappa shape index (κ3) is 6.44. The Morgan fingerprint density at radius 2 is 1.92 bits per heavy atom. The van der Waals surface area contributed by atoms with Gasteiger partial charge in [0, 0.05) is 32.7 Å². The van der Waals surface area contributed by atoms with E-state index in [-0.39, 0.29) is 18.9 Å². The maximum absolute atomic E-state index is 12.7. The van der Waals surface area contributed by atoms with E-state index in [1.807, 2.05) is 18.2 Å². The molecule has 0 saturated carbocycles. The molecule has 1 heterocycles. The topological polar surface area (TPSA) is 91.3 Å². The summed E-state index contributed by atoms with van der Waals surface area (Å²) in [4.78, 5) is 6.85. The van der Waals surface area contributed by atoms with Crippen LogP contribution in [0.25, 0.3) is 0 Å². The fourth-order valence-corrected chi connectivity index (χ4v) is 4.05. The van der Waals surface area contributed by atoms with Crippen LogP contribution in [0.3, 0.4) is 0 Å². The first-order valence-corrected chi connectivity index (χ1v) is 9.55. The molecule has 0 amide bonds. The quantitative estimate of drug-likeness (QED) is 0.451. The largest absolute Gasteiger partial charge is 0.379 e. The third-order valence-corrected chi connectivity index (χ3v) is 5.71. The van der Waals surface area contributed by atoms with Crippen molar-refractivity contribution < 1.29 is 23.2 Å². The van der Waals surface area contributed by atoms with Gasteiger partial charge in [-0.15, -0.1) is 0 Å². The zero-order chi connectivity index (χ0) is 17.3. The summed E-state index contributed by atoms with van der Waals surface area (Å²) >= 11 is 0. The molecule has 0 bridgehead atoms. The molecule has 2 rings (SSSR count). The Kier molecular flexibility index (Phi) is 8.06. The molecular formula is C15H25N3O5S. The van der Waals surface area contributed by atoms with E-state index >= 15 is 0 Å². The standard InChI is InChI=1S/C15H25N3O5S/c19-16-23-13-10-18(7-6-17-8-11-22-12-9-17)24(20,21)14-15-4-2-1-3-5-15/h1-5,16,19H,6-14H2. The summed E-state index contributed by atoms with van der Waals surface area (Å²) in [6, 6.07) is 9.09. The molecule has 0 spiro atoms. The van der Waals surface area contributed by atoms with E-state index in [0.717, 1.165) is 18.7 Å². The summed E-state index contributed by atoms with van der Waals surface area (Å²) in [5.41, 5.74) is 2.33. The highest BCUT2D eigenvalue weighted by Crippen LogP contribution is 2.11. The highest BCUT2D eigenvalue weighted by molar-refractivity contribution is 7.88. The molecule has 1 aromatic rings. The number of nitrogens with zero attached hydrogens (tertiary/aromatic N) is 2. The van der Waals surface area contributed by atoms with Gasteiger partial charge in [-0.05, 0) is 5.56 Å². The van der Waals surface area contributed by atoms with Gasteiger partial charge < -0.3 is 4.74 Å². The minimum Gasteiger partial charge on any atom is -0.379 e. The van der Waals surface area contributed by atoms with Crippen LogP contribution in [0.1, 0.15) is 5.56 Å². The Morgan fingerprint density at radius 1 is 1.21 bits per heavy atom. The van der Waals surface area contributed by atoms with E-state index < -0.39 is 10.0 Å². The molecule has 24 heavy (non-hydrogen) atoms. The van der Waals surface area contributed by atoms with Gasteiger partial charge in [0.15, 0.2) is 0 Å². The highest BCUT2D eigenvalue weighted by Gasteiger charge is 2.23. The molecule has 136 valence electrons. The third-order valence-electron chi connectivity index (χ3n) is 3.86. The highest BCUT2D eigenvalue weighted by atomic mass is 32.2. The van der Waals surface area contributed by atoms with E-state index in [4.69, 9.17) is 9.94 Å². The number of hydrogen-bond donors (Lipinski definition) is 2. The SMILES string of the molecule is O=S(=O)(Cc1ccccc1)N(CCONO)CCN1CCOCC1. The fourth-order valence-electron chi connectivity index (χ4n) is 2.54. The fraction of sp³-hybridized carbons (Fsp3) is 0.600. The summed E-state index contributed by atoms with van der Waals surface area (Å²) in [6.07, 6.45) is 0. The van der Waals surface area contributed by atoms with Crippen molar-refractivity contribution in [2.75, 3.05) is 52.5 Å². The van der Waals surface area contributed by atoms with E-state index in [1.165, 1.54) is 4.31 Å². The molecule has 1 aromatic carbocycles. The Bertz CT molecular complexity index is 564. The van der Waals surface area contributed by atoms with Crippen LogP contribution in [0.5, 0.6) is 0 Å². The number of morpholine rings is 1. The number of sulfonamides is 1. The maximum Gasteiger partial charge on any atom is 0.218 e. The van der Waals surface area contributed by atoms with E-state index in [2.05, 4.69) is 9.74 Å². The molecule has 1 aliphatic rings. The van der Waals surface area contributed by atoms with Crippen molar-refractivity contribution in [3.05, 3.63) is 35.9 Å². The average molecular weight is 359 g/mol. The van der Waals surface area contributed by atoms with Gasteiger partial charge in [0.25, 0.3) is 0 Å². The second kappa shape index (κ2) is 10.0. The van der Waals surface area contributed by atoms with E-state index in [0.29, 0.717) is 26.3 Å². The number of rotatable bonds is 10. The molecule has 2 N–H and O–H groups in total. The van der Waals surface area contributed by atoms with Crippen molar-refractivity contribution in [3.8, 4) is 0 Å². The van der Waals surface area contributed by atoms with Crippen molar-refractivity contribution in [3.63, 3.8) is 0 Å². The van der Waals surface area contributed by atoms with E-state index in [1.54, 1.807) is 17.8 Å². The zero-order valence-corrected chi connectivity index (χ0v) is 14.5. The molecule has 0 aromatic heterocycles. The molecule has 0 unspecified atom stereocenters. The van der Waals surface area contributed by atoms with Gasteiger partial charge in [0.2, 0.25) is 10.0 Å². The van der Waals surface area contributed by atoms with Crippen LogP contribution in [0, 0.1) is 0 Å². The van der Waals surface area contributed by atoms with Gasteiger partial charge in [-0.2, -0.15) is 4.31 Å². The van der Waals surface area contributed by atoms with Gasteiger partial charge in [-0.25, -0.2) is 8.42 Å². The molecular weight excluding hydrogens is 334 g/mol. The van der Waals surface area contributed by atoms with Crippen molar-refractivity contribution >= 4 is 10.0 Å². The lowest BCUT2D eigenvalue weighted by Gasteiger charge is -2.29. The van der Waals surface area contributed by atoms with Gasteiger partial charge in [0.05, 0.1) is 25.6 Å². The van der Waals surface area contributed by atoms with Gasteiger partial charge in [-0.1, -0.05) is 36.0 Å². The van der Waals surface area contributed by atoms with Gasteiger partial charge in [0.1, 0.15) is 0 Å². The molecule has 1 saturated heterocycles. The molecule has 0 radical (unpaired) electrons. The first-order chi connectivity index (χ1) is 11.6. The summed E-state index contributed by atoms with van der Waals surface area (Å²) in [5.74, 6) is -0.0521. The van der Waals surface area contributed by atoms with Crippen molar-refractivity contribution in [1.82, 2.24) is 14.8 Å². The van der Waals surface area contributed by atoms with Crippen molar-refractivity contribution in [1.29, 1.82) is 0 Å². The zero-order valence-electron chi connectivity index (χ0n) is 13.6. The number of ether oxygens (including phenoxy) is 1. The smallest absolute Gasteiger partial charge is 0.218 e. The normalized spacial score (nSPS) is 16.6. The minimum atomic E-state index is -3.47. The lowest BCUT2D eigenvalue weighted by Crippen LogP contribution is -2.44. The summed E-state index contributed by atoms with van der Waals surface area (Å²) in [7, 11) is -3.47.